The van der Waals surface area contributed by atoms with Crippen LogP contribution in [0.3, 0.4) is 0 Å². The molecule has 1 spiro atoms. The van der Waals surface area contributed by atoms with Crippen LogP contribution in [0.25, 0.3) is 0 Å². The zero-order valence-electron chi connectivity index (χ0n) is 35.2. The maximum Gasteiger partial charge on any atom is 0.262 e. The van der Waals surface area contributed by atoms with Crippen molar-refractivity contribution in [3.8, 4) is 11.5 Å². The van der Waals surface area contributed by atoms with Crippen LogP contribution in [-0.2, 0) is 19.2 Å². The van der Waals surface area contributed by atoms with E-state index in [0.29, 0.717) is 60.4 Å². The van der Waals surface area contributed by atoms with Crippen molar-refractivity contribution in [3.05, 3.63) is 101 Å². The minimum absolute atomic E-state index is 0.0274. The van der Waals surface area contributed by atoms with E-state index in [1.165, 1.54) is 0 Å². The molecule has 6 aliphatic rings. The molecule has 6 heterocycles. The van der Waals surface area contributed by atoms with Crippen LogP contribution in [0.1, 0.15) is 77.6 Å². The zero-order chi connectivity index (χ0) is 43.8. The lowest BCUT2D eigenvalue weighted by Gasteiger charge is -2.54. The number of nitrogens with one attached hydrogen (secondary N) is 4. The van der Waals surface area contributed by atoms with Gasteiger partial charge in [0.25, 0.3) is 17.7 Å². The number of piperidine rings is 3. The number of ether oxygens (including phenoxy) is 1. The topological polar surface area (TPSA) is 211 Å². The SMILES string of the molecule is N=C(/C(C(N)=O)=C1/NCC[C@@H](C2CCN(C(=O)CCN3CC4(CCN(c5ccc6c(c5)C(=O)N(C5CCC(=O)NC5=O)C6=O)CC4)C3)CC2)N1)c1ccc(Oc2ccccc2)cc1. The lowest BCUT2D eigenvalue weighted by Crippen LogP contribution is -2.60. The number of amides is 6. The predicted octanol–water partition coefficient (Wildman–Crippen LogP) is 3.13. The van der Waals surface area contributed by atoms with Crippen LogP contribution in [-0.4, -0.2) is 120 Å². The van der Waals surface area contributed by atoms with Crippen LogP contribution in [0.15, 0.2) is 84.2 Å². The summed E-state index contributed by atoms with van der Waals surface area (Å²) in [4.78, 5) is 84.4. The molecule has 3 aromatic carbocycles. The number of rotatable bonds is 11. The lowest BCUT2D eigenvalue weighted by molar-refractivity contribution is -0.136. The van der Waals surface area contributed by atoms with Gasteiger partial charge in [-0.1, -0.05) is 18.2 Å². The Labute approximate surface area is 365 Å². The molecule has 9 rings (SSSR count). The Kier molecular flexibility index (Phi) is 11.5. The van der Waals surface area contributed by atoms with Gasteiger partial charge in [-0.25, -0.2) is 0 Å². The number of nitrogens with zero attached hydrogens (tertiary/aromatic N) is 4. The summed E-state index contributed by atoms with van der Waals surface area (Å²) in [5, 5.41) is 17.9. The third-order valence-electron chi connectivity index (χ3n) is 13.8. The third kappa shape index (κ3) is 8.51. The van der Waals surface area contributed by atoms with E-state index in [1.54, 1.807) is 36.4 Å². The summed E-state index contributed by atoms with van der Waals surface area (Å²) < 4.78 is 5.89. The molecule has 0 radical (unpaired) electrons. The normalized spacial score (nSPS) is 23.3. The van der Waals surface area contributed by atoms with Gasteiger partial charge in [0.2, 0.25) is 17.7 Å². The van der Waals surface area contributed by atoms with Crippen LogP contribution in [0.5, 0.6) is 11.5 Å². The van der Waals surface area contributed by atoms with E-state index in [2.05, 4.69) is 25.8 Å². The third-order valence-corrected chi connectivity index (χ3v) is 13.8. The van der Waals surface area contributed by atoms with Gasteiger partial charge in [-0.05, 0) is 104 Å². The number of benzene rings is 3. The van der Waals surface area contributed by atoms with Gasteiger partial charge in [-0.2, -0.15) is 0 Å². The van der Waals surface area contributed by atoms with Crippen LogP contribution in [0.2, 0.25) is 0 Å². The maximum atomic E-state index is 13.4. The highest BCUT2D eigenvalue weighted by Crippen LogP contribution is 2.42. The maximum absolute atomic E-state index is 13.4. The monoisotopic (exact) mass is 855 g/mol. The van der Waals surface area contributed by atoms with Crippen LogP contribution >= 0.6 is 0 Å². The molecule has 0 aromatic heterocycles. The molecular weight excluding hydrogens is 803 g/mol. The molecule has 6 N–H and O–H groups in total. The Morgan fingerprint density at radius 1 is 0.825 bits per heavy atom. The van der Waals surface area contributed by atoms with Gasteiger partial charge >= 0.3 is 0 Å². The summed E-state index contributed by atoms with van der Waals surface area (Å²) in [5.74, 6) is -0.430. The van der Waals surface area contributed by atoms with Gasteiger partial charge in [0.05, 0.1) is 16.8 Å². The standard InChI is InChI=1S/C47H53N9O7/c48-41(30-6-9-33(10-7-30)63-32-4-2-1-3-5-32)40(42(49)59)43-50-20-14-36(51-43)29-15-22-55(23-16-29)39(58)17-21-53-27-47(28-53)18-24-54(25-19-47)31-8-11-34-35(26-31)46(62)56(45(34)61)37-12-13-38(57)52-44(37)60/h1-11,26,29,36-37,48,50-51H,12-25,27-28H2,(H2,49,59)(H,52,57,60)/b43-40+,48-41?/t36-,37?/m0/s1. The van der Waals surface area contributed by atoms with Crippen molar-refractivity contribution in [2.75, 3.05) is 57.3 Å². The molecule has 63 heavy (non-hydrogen) atoms. The first-order valence-corrected chi connectivity index (χ1v) is 22.0. The Balaban J connectivity index is 0.714. The first-order valence-electron chi connectivity index (χ1n) is 22.0. The van der Waals surface area contributed by atoms with Crippen molar-refractivity contribution in [2.45, 2.75) is 63.5 Å². The number of hydrogen-bond acceptors (Lipinski definition) is 12. The van der Waals surface area contributed by atoms with E-state index < -0.39 is 35.6 Å². The highest BCUT2D eigenvalue weighted by atomic mass is 16.5. The van der Waals surface area contributed by atoms with Gasteiger partial charge in [0, 0.05) is 82.5 Å². The number of hydrogen-bond donors (Lipinski definition) is 5. The first-order chi connectivity index (χ1) is 30.4. The highest BCUT2D eigenvalue weighted by Gasteiger charge is 2.47. The quantitative estimate of drug-likeness (QED) is 0.108. The molecule has 0 bridgehead atoms. The fourth-order valence-electron chi connectivity index (χ4n) is 10.2. The van der Waals surface area contributed by atoms with Gasteiger partial charge < -0.3 is 35.8 Å². The van der Waals surface area contributed by atoms with E-state index in [4.69, 9.17) is 15.9 Å². The number of nitrogens with two attached hydrogens (primary N) is 1. The minimum Gasteiger partial charge on any atom is -0.457 e. The number of para-hydroxylation sites is 1. The molecule has 1 unspecified atom stereocenters. The predicted molar refractivity (Wildman–Crippen MR) is 233 cm³/mol. The number of fused-ring (bicyclic) bond motifs is 1. The fraction of sp³-hybridized carbons (Fsp3) is 0.426. The summed E-state index contributed by atoms with van der Waals surface area (Å²) >= 11 is 0. The Morgan fingerprint density at radius 2 is 1.52 bits per heavy atom. The zero-order valence-corrected chi connectivity index (χ0v) is 35.2. The number of likely N-dealkylation sites (tertiary alicyclic amines) is 2. The van der Waals surface area contributed by atoms with Crippen molar-refractivity contribution in [1.82, 2.24) is 30.7 Å². The molecule has 6 amide bonds. The van der Waals surface area contributed by atoms with Crippen molar-refractivity contribution in [2.24, 2.45) is 17.1 Å². The molecular formula is C47H53N9O7. The largest absolute Gasteiger partial charge is 0.457 e. The second kappa shape index (κ2) is 17.3. The summed E-state index contributed by atoms with van der Waals surface area (Å²) in [6, 6.07) is 20.8. The lowest BCUT2D eigenvalue weighted by atomic mass is 9.72. The van der Waals surface area contributed by atoms with Crippen molar-refractivity contribution in [3.63, 3.8) is 0 Å². The average Bonchev–Trinajstić information content (AvgIpc) is 3.53. The first kappa shape index (κ1) is 41.8. The second-order valence-corrected chi connectivity index (χ2v) is 17.7. The van der Waals surface area contributed by atoms with E-state index in [9.17, 15) is 28.8 Å². The Hall–Kier alpha value is -6.55. The van der Waals surface area contributed by atoms with Gasteiger partial charge in [-0.3, -0.25) is 44.4 Å². The number of anilines is 1. The summed E-state index contributed by atoms with van der Waals surface area (Å²) in [5.41, 5.74) is 8.20. The molecule has 0 aliphatic carbocycles. The van der Waals surface area contributed by atoms with Crippen molar-refractivity contribution in [1.29, 1.82) is 5.41 Å². The van der Waals surface area contributed by atoms with Crippen LogP contribution in [0.4, 0.5) is 5.69 Å². The fourth-order valence-corrected chi connectivity index (χ4v) is 10.2. The molecule has 5 saturated heterocycles. The van der Waals surface area contributed by atoms with Gasteiger partial charge in [-0.15, -0.1) is 0 Å². The molecule has 328 valence electrons. The average molecular weight is 856 g/mol. The Morgan fingerprint density at radius 3 is 2.22 bits per heavy atom. The number of carbonyl (C=O) groups is 6. The molecule has 5 fully saturated rings. The number of primary amides is 1. The molecule has 6 aliphatic heterocycles. The van der Waals surface area contributed by atoms with Gasteiger partial charge in [0.15, 0.2) is 0 Å². The molecule has 16 heteroatoms. The molecule has 3 aromatic rings. The minimum atomic E-state index is -0.987. The van der Waals surface area contributed by atoms with E-state index >= 15 is 0 Å². The summed E-state index contributed by atoms with van der Waals surface area (Å²) in [6.45, 7) is 6.25. The van der Waals surface area contributed by atoms with Crippen LogP contribution < -0.4 is 31.3 Å². The number of carbonyl (C=O) groups excluding carboxylic acids is 6. The summed E-state index contributed by atoms with van der Waals surface area (Å²) in [6.07, 6.45) is 5.19. The van der Waals surface area contributed by atoms with Crippen molar-refractivity contribution < 1.29 is 33.5 Å². The second-order valence-electron chi connectivity index (χ2n) is 17.7. The van der Waals surface area contributed by atoms with Crippen LogP contribution in [0, 0.1) is 16.7 Å². The highest BCUT2D eigenvalue weighted by molar-refractivity contribution is 6.27. The summed E-state index contributed by atoms with van der Waals surface area (Å²) in [7, 11) is 0. The number of imide groups is 2. The molecule has 0 saturated carbocycles. The Bertz CT molecular complexity index is 2360. The molecule has 2 atom stereocenters. The van der Waals surface area contributed by atoms with Crippen molar-refractivity contribution >= 4 is 46.8 Å². The molecule has 16 nitrogen and oxygen atoms in total. The van der Waals surface area contributed by atoms with Gasteiger partial charge in [0.1, 0.15) is 28.9 Å². The van der Waals surface area contributed by atoms with E-state index in [-0.39, 0.29) is 47.1 Å². The smallest absolute Gasteiger partial charge is 0.262 e. The van der Waals surface area contributed by atoms with E-state index in [0.717, 1.165) is 75.4 Å². The van der Waals surface area contributed by atoms with E-state index in [1.807, 2.05) is 41.3 Å².